The van der Waals surface area contributed by atoms with E-state index in [1.807, 2.05) is 10.8 Å². The molecule has 0 saturated carbocycles. The molecule has 2 N–H and O–H groups in total. The summed E-state index contributed by atoms with van der Waals surface area (Å²) in [5.41, 5.74) is -0.910. The third-order valence-corrected chi connectivity index (χ3v) is 7.48. The van der Waals surface area contributed by atoms with Gasteiger partial charge in [0, 0.05) is 17.5 Å². The van der Waals surface area contributed by atoms with Crippen molar-refractivity contribution in [3.8, 4) is 11.8 Å². The minimum atomic E-state index is -4.37. The predicted molar refractivity (Wildman–Crippen MR) is 137 cm³/mol. The molecule has 12 heteroatoms. The van der Waals surface area contributed by atoms with E-state index in [0.29, 0.717) is 16.4 Å². The number of hydrogen-bond acceptors (Lipinski definition) is 6. The molecule has 1 amide bonds. The fraction of sp³-hybridized carbons (Fsp3) is 0.0400. The standard InChI is InChI=1S/C25H16ClN5O5S/c1-30-20-11-8-15(26)12-18(20)21(31-24(33)17-4-2-3-5-19(17)28-25(31)34)22(30)23(32)29-37(35,36)16-9-6-14(13-27)7-10-16/h2-12H,1H3,(H,28,34)(H,29,32). The second-order valence-corrected chi connectivity index (χ2v) is 10.2. The molecule has 5 rings (SSSR count). The molecule has 10 nitrogen and oxygen atoms in total. The first-order valence-corrected chi connectivity index (χ1v) is 12.6. The Morgan fingerprint density at radius 3 is 2.43 bits per heavy atom. The number of aromatic amines is 1. The summed E-state index contributed by atoms with van der Waals surface area (Å²) >= 11 is 6.20. The molecule has 0 spiro atoms. The highest BCUT2D eigenvalue weighted by Gasteiger charge is 2.28. The number of carbonyl (C=O) groups excluding carboxylic acids is 1. The van der Waals surface area contributed by atoms with Gasteiger partial charge in [-0.1, -0.05) is 23.7 Å². The molecule has 0 fully saturated rings. The highest BCUT2D eigenvalue weighted by molar-refractivity contribution is 7.90. The van der Waals surface area contributed by atoms with Gasteiger partial charge in [-0.05, 0) is 54.6 Å². The molecule has 0 aliphatic rings. The quantitative estimate of drug-likeness (QED) is 0.363. The molecule has 0 bridgehead atoms. The Labute approximate surface area is 214 Å². The van der Waals surface area contributed by atoms with Gasteiger partial charge in [-0.25, -0.2) is 22.5 Å². The van der Waals surface area contributed by atoms with Crippen LogP contribution in [-0.2, 0) is 17.1 Å². The Kier molecular flexibility index (Phi) is 5.70. The van der Waals surface area contributed by atoms with Gasteiger partial charge < -0.3 is 9.55 Å². The van der Waals surface area contributed by atoms with Crippen molar-refractivity contribution in [2.24, 2.45) is 7.05 Å². The van der Waals surface area contributed by atoms with Gasteiger partial charge in [-0.15, -0.1) is 0 Å². The van der Waals surface area contributed by atoms with E-state index in [1.54, 1.807) is 30.3 Å². The number of hydrogen-bond donors (Lipinski definition) is 2. The smallest absolute Gasteiger partial charge is 0.333 e. The zero-order valence-electron chi connectivity index (χ0n) is 19.0. The van der Waals surface area contributed by atoms with Crippen LogP contribution in [-0.4, -0.2) is 28.4 Å². The Morgan fingerprint density at radius 1 is 1.03 bits per heavy atom. The van der Waals surface area contributed by atoms with E-state index in [1.165, 1.54) is 48.0 Å². The van der Waals surface area contributed by atoms with Crippen LogP contribution in [0.25, 0.3) is 27.5 Å². The van der Waals surface area contributed by atoms with Crippen LogP contribution in [0.1, 0.15) is 16.1 Å². The van der Waals surface area contributed by atoms with Gasteiger partial charge in [0.2, 0.25) is 0 Å². The number of nitrogens with one attached hydrogen (secondary N) is 2. The zero-order valence-corrected chi connectivity index (χ0v) is 20.6. The lowest BCUT2D eigenvalue weighted by Crippen LogP contribution is -2.37. The van der Waals surface area contributed by atoms with E-state index in [4.69, 9.17) is 16.9 Å². The maximum atomic E-state index is 13.5. The van der Waals surface area contributed by atoms with Crippen LogP contribution in [0.4, 0.5) is 0 Å². The van der Waals surface area contributed by atoms with Crippen molar-refractivity contribution < 1.29 is 13.2 Å². The number of fused-ring (bicyclic) bond motifs is 2. The number of aryl methyl sites for hydroxylation is 1. The maximum Gasteiger partial charge on any atom is 0.333 e. The van der Waals surface area contributed by atoms with E-state index < -0.39 is 27.2 Å². The van der Waals surface area contributed by atoms with E-state index in [-0.39, 0.29) is 32.2 Å². The zero-order chi connectivity index (χ0) is 26.5. The topological polar surface area (TPSA) is 147 Å². The van der Waals surface area contributed by atoms with Gasteiger partial charge in [0.25, 0.3) is 21.5 Å². The highest BCUT2D eigenvalue weighted by atomic mass is 35.5. The predicted octanol–water partition coefficient (Wildman–Crippen LogP) is 2.81. The van der Waals surface area contributed by atoms with Crippen molar-refractivity contribution in [2.45, 2.75) is 4.90 Å². The van der Waals surface area contributed by atoms with Crippen LogP contribution in [0.5, 0.6) is 0 Å². The number of nitriles is 1. The van der Waals surface area contributed by atoms with Gasteiger partial charge in [-0.2, -0.15) is 5.26 Å². The number of carbonyl (C=O) groups is 1. The van der Waals surface area contributed by atoms with Gasteiger partial charge in [-0.3, -0.25) is 9.59 Å². The van der Waals surface area contributed by atoms with Crippen LogP contribution in [0.2, 0.25) is 5.02 Å². The molecule has 0 aliphatic carbocycles. The van der Waals surface area contributed by atoms with Gasteiger partial charge in [0.1, 0.15) is 5.69 Å². The lowest BCUT2D eigenvalue weighted by atomic mass is 10.2. The number of halogens is 1. The summed E-state index contributed by atoms with van der Waals surface area (Å²) in [7, 11) is -2.87. The molecule has 0 unspecified atom stereocenters. The van der Waals surface area contributed by atoms with Crippen LogP contribution in [0.15, 0.2) is 81.2 Å². The summed E-state index contributed by atoms with van der Waals surface area (Å²) in [6.45, 7) is 0. The lowest BCUT2D eigenvalue weighted by Gasteiger charge is -2.11. The number of benzene rings is 3. The van der Waals surface area contributed by atoms with E-state index in [2.05, 4.69) is 4.98 Å². The van der Waals surface area contributed by atoms with Crippen molar-refractivity contribution in [3.05, 3.63) is 104 Å². The first-order chi connectivity index (χ1) is 17.6. The number of amides is 1. The molecule has 0 radical (unpaired) electrons. The Morgan fingerprint density at radius 2 is 1.73 bits per heavy atom. The van der Waals surface area contributed by atoms with Crippen molar-refractivity contribution in [1.82, 2.24) is 18.8 Å². The molecule has 5 aromatic rings. The molecule has 2 heterocycles. The average Bonchev–Trinajstić information content (AvgIpc) is 3.15. The minimum absolute atomic E-state index is 0.121. The number of sulfonamides is 1. The number of nitrogens with zero attached hydrogens (tertiary/aromatic N) is 3. The summed E-state index contributed by atoms with van der Waals surface area (Å²) in [5.74, 6) is -1.08. The maximum absolute atomic E-state index is 13.5. The minimum Gasteiger partial charge on any atom is -0.338 e. The van der Waals surface area contributed by atoms with Gasteiger partial charge in [0.05, 0.1) is 38.6 Å². The van der Waals surface area contributed by atoms with Crippen LogP contribution in [0, 0.1) is 11.3 Å². The van der Waals surface area contributed by atoms with Crippen LogP contribution < -0.4 is 16.0 Å². The Balaban J connectivity index is 1.76. The number of para-hydroxylation sites is 1. The fourth-order valence-corrected chi connectivity index (χ4v) is 5.31. The third kappa shape index (κ3) is 3.98. The Bertz CT molecular complexity index is 2020. The molecule has 0 saturated heterocycles. The molecule has 0 atom stereocenters. The van der Waals surface area contributed by atoms with Crippen molar-refractivity contribution in [1.29, 1.82) is 5.26 Å². The number of aromatic nitrogens is 3. The lowest BCUT2D eigenvalue weighted by molar-refractivity contribution is 0.0974. The Hall–Kier alpha value is -4.66. The summed E-state index contributed by atoms with van der Waals surface area (Å²) < 4.78 is 30.1. The monoisotopic (exact) mass is 533 g/mol. The molecule has 3 aromatic carbocycles. The van der Waals surface area contributed by atoms with Gasteiger partial charge >= 0.3 is 5.69 Å². The van der Waals surface area contributed by atoms with Crippen LogP contribution in [0.3, 0.4) is 0 Å². The highest BCUT2D eigenvalue weighted by Crippen LogP contribution is 2.30. The molecule has 2 aromatic heterocycles. The largest absolute Gasteiger partial charge is 0.338 e. The van der Waals surface area contributed by atoms with Crippen molar-refractivity contribution in [2.75, 3.05) is 0 Å². The molecule has 184 valence electrons. The van der Waals surface area contributed by atoms with E-state index >= 15 is 0 Å². The average molecular weight is 534 g/mol. The second-order valence-electron chi connectivity index (χ2n) is 8.10. The molecular weight excluding hydrogens is 518 g/mol. The number of rotatable bonds is 4. The van der Waals surface area contributed by atoms with Crippen molar-refractivity contribution in [3.63, 3.8) is 0 Å². The number of H-pyrrole nitrogens is 1. The first-order valence-electron chi connectivity index (χ1n) is 10.7. The first kappa shape index (κ1) is 24.1. The summed E-state index contributed by atoms with van der Waals surface area (Å²) in [4.78, 5) is 42.4. The van der Waals surface area contributed by atoms with Crippen LogP contribution >= 0.6 is 11.6 Å². The molecular formula is C25H16ClN5O5S. The summed E-state index contributed by atoms with van der Waals surface area (Å²) in [6, 6.07) is 17.9. The SMILES string of the molecule is Cn1c(C(=O)NS(=O)(=O)c2ccc(C#N)cc2)c(-n2c(=O)[nH]c3ccccc3c2=O)c2cc(Cl)ccc21. The van der Waals surface area contributed by atoms with Gasteiger partial charge in [0.15, 0.2) is 0 Å². The third-order valence-electron chi connectivity index (χ3n) is 5.90. The molecule has 0 aliphatic heterocycles. The van der Waals surface area contributed by atoms with Crippen molar-refractivity contribution >= 4 is 49.3 Å². The second kappa shape index (κ2) is 8.77. The van der Waals surface area contributed by atoms with E-state index in [0.717, 1.165) is 4.57 Å². The summed E-state index contributed by atoms with van der Waals surface area (Å²) in [6.07, 6.45) is 0. The summed E-state index contributed by atoms with van der Waals surface area (Å²) in [5, 5.41) is 9.72. The van der Waals surface area contributed by atoms with E-state index in [9.17, 15) is 22.8 Å². The molecule has 37 heavy (non-hydrogen) atoms. The fourth-order valence-electron chi connectivity index (χ4n) is 4.19. The normalized spacial score (nSPS) is 11.5.